The van der Waals surface area contributed by atoms with E-state index in [9.17, 15) is 4.79 Å². The summed E-state index contributed by atoms with van der Waals surface area (Å²) < 4.78 is 11.6. The lowest BCUT2D eigenvalue weighted by Gasteiger charge is -2.23. The van der Waals surface area contributed by atoms with Crippen LogP contribution in [0.3, 0.4) is 0 Å². The van der Waals surface area contributed by atoms with E-state index in [1.807, 2.05) is 48.5 Å². The number of carboxylic acid groups (broad SMARTS) is 2. The van der Waals surface area contributed by atoms with E-state index in [1.54, 1.807) is 31.4 Å². The Morgan fingerprint density at radius 1 is 1.00 bits per heavy atom. The second-order valence-corrected chi connectivity index (χ2v) is 9.10. The number of carbonyl (C=O) groups excluding carboxylic acids is 1. The number of amides is 1. The quantitative estimate of drug-likeness (QED) is 0.0896. The van der Waals surface area contributed by atoms with E-state index in [4.69, 9.17) is 35.4 Å². The van der Waals surface area contributed by atoms with Crippen molar-refractivity contribution in [2.45, 2.75) is 44.4 Å². The fourth-order valence-corrected chi connectivity index (χ4v) is 4.33. The van der Waals surface area contributed by atoms with Crippen molar-refractivity contribution in [2.24, 2.45) is 10.9 Å². The molecule has 4 rings (SSSR count). The van der Waals surface area contributed by atoms with Crippen molar-refractivity contribution >= 4 is 23.6 Å². The van der Waals surface area contributed by atoms with Crippen molar-refractivity contribution in [3.63, 3.8) is 0 Å². The first-order valence-corrected chi connectivity index (χ1v) is 12.7. The summed E-state index contributed by atoms with van der Waals surface area (Å²) in [5, 5.41) is 32.4. The Bertz CT molecular complexity index is 1270. The highest BCUT2D eigenvalue weighted by atomic mass is 16.6. The lowest BCUT2D eigenvalue weighted by molar-refractivity contribution is -0.122. The zero-order valence-electron chi connectivity index (χ0n) is 22.1. The minimum Gasteiger partial charge on any atom is -0.493 e. The lowest BCUT2D eigenvalue weighted by Crippen LogP contribution is -2.39. The van der Waals surface area contributed by atoms with Gasteiger partial charge in [-0.05, 0) is 60.4 Å². The number of hydrogen-bond acceptors (Lipinski definition) is 7. The number of oxime groups is 1. The lowest BCUT2D eigenvalue weighted by atomic mass is 10.0. The Labute approximate surface area is 232 Å². The van der Waals surface area contributed by atoms with E-state index in [-0.39, 0.29) is 17.8 Å². The molecule has 1 aliphatic rings. The van der Waals surface area contributed by atoms with Crippen molar-refractivity contribution < 1.29 is 34.5 Å². The Balaban J connectivity index is 0.00000103. The van der Waals surface area contributed by atoms with E-state index < -0.39 is 12.2 Å². The Kier molecular flexibility index (Phi) is 11.0. The van der Waals surface area contributed by atoms with Gasteiger partial charge in [-0.15, -0.1) is 0 Å². The number of nitrogens with one attached hydrogen (secondary N) is 2. The molecule has 3 aromatic rings. The van der Waals surface area contributed by atoms with Crippen molar-refractivity contribution in [1.29, 1.82) is 0 Å². The molecule has 1 fully saturated rings. The third-order valence-electron chi connectivity index (χ3n) is 6.32. The summed E-state index contributed by atoms with van der Waals surface area (Å²) in [6, 6.07) is 22.0. The van der Waals surface area contributed by atoms with Crippen LogP contribution in [0.4, 0.5) is 10.5 Å². The Morgan fingerprint density at radius 2 is 1.65 bits per heavy atom. The molecule has 0 bridgehead atoms. The highest BCUT2D eigenvalue weighted by Gasteiger charge is 2.26. The van der Waals surface area contributed by atoms with E-state index >= 15 is 0 Å². The van der Waals surface area contributed by atoms with Crippen LogP contribution in [0.2, 0.25) is 0 Å². The van der Waals surface area contributed by atoms with Crippen LogP contribution >= 0.6 is 0 Å². The zero-order valence-corrected chi connectivity index (χ0v) is 22.1. The molecule has 1 unspecified atom stereocenters. The number of methoxy groups -OCH3 is 1. The van der Waals surface area contributed by atoms with Gasteiger partial charge in [-0.2, -0.15) is 0 Å². The third-order valence-corrected chi connectivity index (χ3v) is 6.32. The molecule has 212 valence electrons. The summed E-state index contributed by atoms with van der Waals surface area (Å²) in [5.41, 5.74) is 8.77. The number of benzene rings is 3. The molecular weight excluding hydrogens is 516 g/mol. The van der Waals surface area contributed by atoms with Crippen LogP contribution in [-0.2, 0) is 11.4 Å². The number of hydrogen-bond donors (Lipinski definition) is 6. The maximum atomic E-state index is 13.4. The van der Waals surface area contributed by atoms with Crippen LogP contribution in [0.1, 0.15) is 48.4 Å². The maximum absolute atomic E-state index is 13.4. The van der Waals surface area contributed by atoms with Gasteiger partial charge in [0.15, 0.2) is 17.3 Å². The number of nitrogens with zero attached hydrogens (tertiary/aromatic N) is 1. The SMILES string of the molecule is COc1cc(C(Nc2ccc(C(N)=NO)cc2)C(=O)NC2CCCC2)ccc1OCc1ccccc1.O=C(O)O. The van der Waals surface area contributed by atoms with Gasteiger partial charge in [0, 0.05) is 17.3 Å². The molecule has 1 amide bonds. The average Bonchev–Trinajstić information content (AvgIpc) is 3.48. The predicted molar refractivity (Wildman–Crippen MR) is 150 cm³/mol. The van der Waals surface area contributed by atoms with Gasteiger partial charge in [-0.3, -0.25) is 4.79 Å². The van der Waals surface area contributed by atoms with Crippen molar-refractivity contribution in [2.75, 3.05) is 12.4 Å². The maximum Gasteiger partial charge on any atom is 0.503 e. The van der Waals surface area contributed by atoms with Gasteiger partial charge in [0.2, 0.25) is 5.91 Å². The van der Waals surface area contributed by atoms with Gasteiger partial charge < -0.3 is 41.3 Å². The van der Waals surface area contributed by atoms with Gasteiger partial charge in [0.25, 0.3) is 0 Å². The average molecular weight is 551 g/mol. The minimum atomic E-state index is -1.83. The molecule has 11 heteroatoms. The fraction of sp³-hybridized carbons (Fsp3) is 0.276. The summed E-state index contributed by atoms with van der Waals surface area (Å²) in [5.74, 6) is 1.06. The molecule has 3 aromatic carbocycles. The second-order valence-electron chi connectivity index (χ2n) is 9.10. The number of carbonyl (C=O) groups is 2. The Morgan fingerprint density at radius 3 is 2.25 bits per heavy atom. The first kappa shape index (κ1) is 29.6. The third kappa shape index (κ3) is 8.83. The van der Waals surface area contributed by atoms with Gasteiger partial charge in [0.05, 0.1) is 7.11 Å². The molecule has 1 saturated carbocycles. The molecule has 0 aromatic heterocycles. The standard InChI is InChI=1S/C28H32N4O4.CH2O3/c1-35-25-17-21(13-16-24(25)36-18-19-7-3-2-4-8-19)26(28(33)31-22-9-5-6-10-22)30-23-14-11-20(12-15-23)27(29)32-34;2-1(3)4/h2-4,7-8,11-17,22,26,30,34H,5-6,9-10,18H2,1H3,(H2,29,32)(H,31,33);(H2,2,3,4). The topological polar surface area (TPSA) is 176 Å². The monoisotopic (exact) mass is 550 g/mol. The first-order valence-electron chi connectivity index (χ1n) is 12.7. The van der Waals surface area contributed by atoms with Gasteiger partial charge in [-0.25, -0.2) is 4.79 Å². The van der Waals surface area contributed by atoms with Crippen molar-refractivity contribution in [3.8, 4) is 11.5 Å². The van der Waals surface area contributed by atoms with Crippen LogP contribution in [0.5, 0.6) is 11.5 Å². The van der Waals surface area contributed by atoms with Gasteiger partial charge in [0.1, 0.15) is 12.6 Å². The summed E-state index contributed by atoms with van der Waals surface area (Å²) in [4.78, 5) is 22.0. The second kappa shape index (κ2) is 14.9. The molecule has 40 heavy (non-hydrogen) atoms. The highest BCUT2D eigenvalue weighted by molar-refractivity contribution is 5.97. The highest BCUT2D eigenvalue weighted by Crippen LogP contribution is 2.33. The van der Waals surface area contributed by atoms with Crippen LogP contribution in [0.25, 0.3) is 0 Å². The molecule has 0 aliphatic heterocycles. The van der Waals surface area contributed by atoms with Gasteiger partial charge >= 0.3 is 6.16 Å². The van der Waals surface area contributed by atoms with Crippen molar-refractivity contribution in [3.05, 3.63) is 89.5 Å². The number of ether oxygens (including phenoxy) is 2. The largest absolute Gasteiger partial charge is 0.503 e. The Hall–Kier alpha value is -4.93. The number of amidine groups is 1. The predicted octanol–water partition coefficient (Wildman–Crippen LogP) is 4.80. The van der Waals surface area contributed by atoms with Gasteiger partial charge in [-0.1, -0.05) is 54.4 Å². The van der Waals surface area contributed by atoms with E-state index in [0.29, 0.717) is 23.7 Å². The molecule has 0 spiro atoms. The molecule has 0 radical (unpaired) electrons. The fourth-order valence-electron chi connectivity index (χ4n) is 4.33. The van der Waals surface area contributed by atoms with E-state index in [1.165, 1.54) is 0 Å². The molecule has 11 nitrogen and oxygen atoms in total. The summed E-state index contributed by atoms with van der Waals surface area (Å²) >= 11 is 0. The van der Waals surface area contributed by atoms with E-state index in [0.717, 1.165) is 42.5 Å². The summed E-state index contributed by atoms with van der Waals surface area (Å²) in [6.07, 6.45) is 2.39. The molecule has 0 heterocycles. The molecule has 0 saturated heterocycles. The van der Waals surface area contributed by atoms with Crippen LogP contribution in [-0.4, -0.2) is 46.5 Å². The number of rotatable bonds is 10. The zero-order chi connectivity index (χ0) is 28.9. The van der Waals surface area contributed by atoms with Crippen LogP contribution in [0.15, 0.2) is 78.0 Å². The molecule has 7 N–H and O–H groups in total. The molecule has 1 aliphatic carbocycles. The smallest absolute Gasteiger partial charge is 0.493 e. The van der Waals surface area contributed by atoms with Crippen LogP contribution < -0.4 is 25.8 Å². The molecule has 1 atom stereocenters. The summed E-state index contributed by atoms with van der Waals surface area (Å²) in [6.45, 7) is 0.410. The van der Waals surface area contributed by atoms with E-state index in [2.05, 4.69) is 15.8 Å². The van der Waals surface area contributed by atoms with Crippen LogP contribution in [0, 0.1) is 0 Å². The molecular formula is C29H34N4O7. The number of anilines is 1. The normalized spacial score (nSPS) is 13.9. The van der Waals surface area contributed by atoms with Crippen molar-refractivity contribution in [1.82, 2.24) is 5.32 Å². The number of nitrogens with two attached hydrogens (primary N) is 1. The first-order chi connectivity index (χ1) is 19.3. The summed E-state index contributed by atoms with van der Waals surface area (Å²) in [7, 11) is 1.58. The minimum absolute atomic E-state index is 0.0212.